The molecule has 0 aliphatic heterocycles. The largest absolute Gasteiger partial charge is 0.496 e. The lowest BCUT2D eigenvalue weighted by Gasteiger charge is -2.22. The van der Waals surface area contributed by atoms with E-state index in [0.717, 1.165) is 22.4 Å². The second-order valence-electron chi connectivity index (χ2n) is 4.93. The molecule has 1 aromatic rings. The van der Waals surface area contributed by atoms with E-state index in [-0.39, 0.29) is 11.8 Å². The lowest BCUT2D eigenvalue weighted by atomic mass is 9.84. The van der Waals surface area contributed by atoms with E-state index in [1.54, 1.807) is 7.11 Å². The average Bonchev–Trinajstić information content (AvgIpc) is 2.26. The third-order valence-corrected chi connectivity index (χ3v) is 3.36. The molecule has 0 aromatic heterocycles. The van der Waals surface area contributed by atoms with Crippen molar-refractivity contribution in [3.8, 4) is 11.8 Å². The third-order valence-electron chi connectivity index (χ3n) is 3.36. The van der Waals surface area contributed by atoms with Gasteiger partial charge in [0.25, 0.3) is 0 Å². The molecule has 1 rings (SSSR count). The molecule has 1 unspecified atom stereocenters. The van der Waals surface area contributed by atoms with Gasteiger partial charge in [-0.05, 0) is 43.4 Å². The fraction of sp³-hybridized carbons (Fsp3) is 0.533. The van der Waals surface area contributed by atoms with Gasteiger partial charge in [-0.25, -0.2) is 0 Å². The molecular weight excluding hydrogens is 210 g/mol. The normalized spacial score (nSPS) is 12.4. The van der Waals surface area contributed by atoms with Gasteiger partial charge in [0.2, 0.25) is 0 Å². The van der Waals surface area contributed by atoms with Gasteiger partial charge in [0.05, 0.1) is 19.1 Å². The highest BCUT2D eigenvalue weighted by Gasteiger charge is 2.23. The second-order valence-corrected chi connectivity index (χ2v) is 4.93. The highest BCUT2D eigenvalue weighted by atomic mass is 16.5. The van der Waals surface area contributed by atoms with Crippen LogP contribution in [0.15, 0.2) is 6.07 Å². The highest BCUT2D eigenvalue weighted by Crippen LogP contribution is 2.37. The van der Waals surface area contributed by atoms with Crippen LogP contribution in [0.2, 0.25) is 0 Å². The van der Waals surface area contributed by atoms with Crippen LogP contribution in [0, 0.1) is 38.0 Å². The standard InChI is InChI=1S/C15H21NO/c1-9(2)13(8-16)14-11(4)7-10(3)12(5)15(14)17-6/h7,9,13H,1-6H3. The van der Waals surface area contributed by atoms with Gasteiger partial charge in [-0.1, -0.05) is 19.9 Å². The first-order chi connectivity index (χ1) is 7.93. The van der Waals surface area contributed by atoms with Crippen molar-refractivity contribution >= 4 is 0 Å². The van der Waals surface area contributed by atoms with Crippen LogP contribution in [0.25, 0.3) is 0 Å². The van der Waals surface area contributed by atoms with E-state index >= 15 is 0 Å². The second kappa shape index (κ2) is 5.23. The molecule has 0 amide bonds. The number of hydrogen-bond acceptors (Lipinski definition) is 2. The fourth-order valence-electron chi connectivity index (χ4n) is 2.27. The van der Waals surface area contributed by atoms with Gasteiger partial charge in [0.15, 0.2) is 0 Å². The lowest BCUT2D eigenvalue weighted by molar-refractivity contribution is 0.399. The first-order valence-corrected chi connectivity index (χ1v) is 5.98. The molecule has 92 valence electrons. The number of aryl methyl sites for hydroxylation is 2. The van der Waals surface area contributed by atoms with Gasteiger partial charge in [-0.15, -0.1) is 0 Å². The Morgan fingerprint density at radius 1 is 1.18 bits per heavy atom. The summed E-state index contributed by atoms with van der Waals surface area (Å²) in [6.07, 6.45) is 0. The summed E-state index contributed by atoms with van der Waals surface area (Å²) >= 11 is 0. The van der Waals surface area contributed by atoms with Crippen LogP contribution < -0.4 is 4.74 Å². The zero-order chi connectivity index (χ0) is 13.2. The summed E-state index contributed by atoms with van der Waals surface area (Å²) < 4.78 is 5.52. The Labute approximate surface area is 104 Å². The van der Waals surface area contributed by atoms with Crippen LogP contribution in [0.5, 0.6) is 5.75 Å². The van der Waals surface area contributed by atoms with E-state index in [2.05, 4.69) is 39.8 Å². The van der Waals surface area contributed by atoms with Crippen molar-refractivity contribution < 1.29 is 4.74 Å². The minimum Gasteiger partial charge on any atom is -0.496 e. The van der Waals surface area contributed by atoms with Crippen molar-refractivity contribution in [1.29, 1.82) is 5.26 Å². The molecule has 0 fully saturated rings. The van der Waals surface area contributed by atoms with Crippen molar-refractivity contribution in [1.82, 2.24) is 0 Å². The van der Waals surface area contributed by atoms with Crippen molar-refractivity contribution in [2.75, 3.05) is 7.11 Å². The summed E-state index contributed by atoms with van der Waals surface area (Å²) in [5, 5.41) is 9.35. The topological polar surface area (TPSA) is 33.0 Å². The highest BCUT2D eigenvalue weighted by molar-refractivity contribution is 5.53. The molecule has 0 aliphatic rings. The number of hydrogen-bond donors (Lipinski definition) is 0. The lowest BCUT2D eigenvalue weighted by Crippen LogP contribution is -2.10. The monoisotopic (exact) mass is 231 g/mol. The Kier molecular flexibility index (Phi) is 4.17. The van der Waals surface area contributed by atoms with Crippen molar-refractivity contribution in [2.45, 2.75) is 40.5 Å². The van der Waals surface area contributed by atoms with Crippen LogP contribution >= 0.6 is 0 Å². The van der Waals surface area contributed by atoms with Gasteiger partial charge in [0, 0.05) is 5.56 Å². The molecule has 1 atom stereocenters. The Bertz CT molecular complexity index is 455. The Hall–Kier alpha value is -1.49. The Balaban J connectivity index is 3.52. The van der Waals surface area contributed by atoms with E-state index in [1.807, 2.05) is 6.92 Å². The predicted molar refractivity (Wildman–Crippen MR) is 70.4 cm³/mol. The molecule has 0 saturated heterocycles. The molecular formula is C15H21NO. The first-order valence-electron chi connectivity index (χ1n) is 5.98. The minimum absolute atomic E-state index is 0.107. The quantitative estimate of drug-likeness (QED) is 0.790. The zero-order valence-corrected chi connectivity index (χ0v) is 11.6. The molecule has 2 nitrogen and oxygen atoms in total. The van der Waals surface area contributed by atoms with E-state index in [0.29, 0.717) is 0 Å². The van der Waals surface area contributed by atoms with E-state index < -0.39 is 0 Å². The number of rotatable bonds is 3. The maximum absolute atomic E-state index is 9.35. The van der Waals surface area contributed by atoms with E-state index in [9.17, 15) is 5.26 Å². The molecule has 0 heterocycles. The number of benzene rings is 1. The van der Waals surface area contributed by atoms with Crippen LogP contribution in [0.1, 0.15) is 42.0 Å². The molecule has 0 bridgehead atoms. The summed E-state index contributed by atoms with van der Waals surface area (Å²) in [7, 11) is 1.68. The van der Waals surface area contributed by atoms with Crippen LogP contribution in [0.3, 0.4) is 0 Å². The van der Waals surface area contributed by atoms with Crippen molar-refractivity contribution in [3.63, 3.8) is 0 Å². The van der Waals surface area contributed by atoms with Crippen LogP contribution in [-0.2, 0) is 0 Å². The fourth-order valence-corrected chi connectivity index (χ4v) is 2.27. The molecule has 0 spiro atoms. The minimum atomic E-state index is -0.107. The predicted octanol–water partition coefficient (Wildman–Crippen LogP) is 3.88. The maximum Gasteiger partial charge on any atom is 0.126 e. The summed E-state index contributed by atoms with van der Waals surface area (Å²) in [5.41, 5.74) is 4.54. The van der Waals surface area contributed by atoms with Gasteiger partial charge in [-0.2, -0.15) is 5.26 Å². The summed E-state index contributed by atoms with van der Waals surface area (Å²) in [5.74, 6) is 1.06. The molecule has 1 aromatic carbocycles. The SMILES string of the molecule is COc1c(C)c(C)cc(C)c1C(C#N)C(C)C. The summed E-state index contributed by atoms with van der Waals surface area (Å²) in [4.78, 5) is 0. The molecule has 0 saturated carbocycles. The van der Waals surface area contributed by atoms with Gasteiger partial charge >= 0.3 is 0 Å². The number of ether oxygens (including phenoxy) is 1. The Morgan fingerprint density at radius 3 is 2.18 bits per heavy atom. The van der Waals surface area contributed by atoms with Gasteiger partial charge in [0.1, 0.15) is 5.75 Å². The molecule has 0 aliphatic carbocycles. The zero-order valence-electron chi connectivity index (χ0n) is 11.6. The van der Waals surface area contributed by atoms with Crippen LogP contribution in [-0.4, -0.2) is 7.11 Å². The maximum atomic E-state index is 9.35. The van der Waals surface area contributed by atoms with Crippen molar-refractivity contribution in [2.24, 2.45) is 5.92 Å². The number of nitriles is 1. The summed E-state index contributed by atoms with van der Waals surface area (Å²) in [6, 6.07) is 4.54. The third kappa shape index (κ3) is 2.44. The summed E-state index contributed by atoms with van der Waals surface area (Å²) in [6.45, 7) is 10.3. The van der Waals surface area contributed by atoms with Gasteiger partial charge in [-0.3, -0.25) is 0 Å². The van der Waals surface area contributed by atoms with E-state index in [1.165, 1.54) is 5.56 Å². The van der Waals surface area contributed by atoms with Crippen LogP contribution in [0.4, 0.5) is 0 Å². The first kappa shape index (κ1) is 13.6. The smallest absolute Gasteiger partial charge is 0.126 e. The Morgan fingerprint density at radius 2 is 1.76 bits per heavy atom. The molecule has 2 heteroatoms. The molecule has 17 heavy (non-hydrogen) atoms. The molecule has 0 radical (unpaired) electrons. The van der Waals surface area contributed by atoms with Crippen molar-refractivity contribution in [3.05, 3.63) is 28.3 Å². The van der Waals surface area contributed by atoms with Gasteiger partial charge < -0.3 is 4.74 Å². The average molecular weight is 231 g/mol. The number of nitrogens with zero attached hydrogens (tertiary/aromatic N) is 1. The number of methoxy groups -OCH3 is 1. The van der Waals surface area contributed by atoms with E-state index in [4.69, 9.17) is 4.74 Å². The molecule has 0 N–H and O–H groups in total.